The second kappa shape index (κ2) is 9.25. The van der Waals surface area contributed by atoms with Crippen molar-refractivity contribution in [2.45, 2.75) is 43.7 Å². The molecule has 0 saturated heterocycles. The van der Waals surface area contributed by atoms with Crippen LogP contribution in [0.1, 0.15) is 58.3 Å². The average molecular weight is 477 g/mol. The van der Waals surface area contributed by atoms with Gasteiger partial charge in [0.2, 0.25) is 0 Å². The molecule has 1 unspecified atom stereocenters. The normalized spacial score (nSPS) is 18.3. The van der Waals surface area contributed by atoms with Crippen LogP contribution in [-0.2, 0) is 12.6 Å². The lowest BCUT2D eigenvalue weighted by Crippen LogP contribution is -2.24. The maximum atomic E-state index is 13.8. The summed E-state index contributed by atoms with van der Waals surface area (Å²) in [6.07, 6.45) is -0.638. The van der Waals surface area contributed by atoms with E-state index >= 15 is 0 Å². The first-order chi connectivity index (χ1) is 15.7. The van der Waals surface area contributed by atoms with E-state index in [0.717, 1.165) is 46.7 Å². The van der Waals surface area contributed by atoms with Gasteiger partial charge in [0.15, 0.2) is 0 Å². The fourth-order valence-electron chi connectivity index (χ4n) is 3.99. The Labute approximate surface area is 194 Å². The minimum Gasteiger partial charge on any atom is -0.375 e. The molecule has 0 aromatic heterocycles. The van der Waals surface area contributed by atoms with Crippen molar-refractivity contribution in [3.8, 4) is 0 Å². The number of carbonyl (C=O) groups is 1. The third-order valence-corrected chi connectivity index (χ3v) is 7.01. The van der Waals surface area contributed by atoms with E-state index in [1.165, 1.54) is 11.8 Å². The molecule has 0 bridgehead atoms. The first-order valence-electron chi connectivity index (χ1n) is 10.7. The maximum absolute atomic E-state index is 13.8. The quantitative estimate of drug-likeness (QED) is 0.368. The minimum absolute atomic E-state index is 0.129. The van der Waals surface area contributed by atoms with E-state index in [2.05, 4.69) is 17.2 Å². The molecule has 0 radical (unpaired) electrons. The summed E-state index contributed by atoms with van der Waals surface area (Å²) >= 11 is 1.51. The molecule has 2 aromatic carbocycles. The van der Waals surface area contributed by atoms with E-state index in [4.69, 9.17) is 0 Å². The molecule has 4 rings (SSSR count). The molecule has 1 aliphatic carbocycles. The summed E-state index contributed by atoms with van der Waals surface area (Å²) in [4.78, 5) is 13.5. The Morgan fingerprint density at radius 2 is 2.00 bits per heavy atom. The largest absolute Gasteiger partial charge is 0.416 e. The number of rotatable bonds is 7. The number of carbonyl (C=O) groups excluding carboxylic acids is 1. The zero-order valence-corrected chi connectivity index (χ0v) is 18.9. The third kappa shape index (κ3) is 5.43. The van der Waals surface area contributed by atoms with Crippen LogP contribution in [0.2, 0.25) is 0 Å². The molecule has 2 aromatic rings. The summed E-state index contributed by atoms with van der Waals surface area (Å²) in [6.45, 7) is 5.93. The Morgan fingerprint density at radius 3 is 2.67 bits per heavy atom. The van der Waals surface area contributed by atoms with Crippen molar-refractivity contribution in [2.24, 2.45) is 0 Å². The van der Waals surface area contributed by atoms with Crippen LogP contribution in [0.5, 0.6) is 0 Å². The monoisotopic (exact) mass is 476 g/mol. The van der Waals surface area contributed by atoms with Gasteiger partial charge in [0.1, 0.15) is 5.82 Å². The van der Waals surface area contributed by atoms with Gasteiger partial charge in [0, 0.05) is 29.1 Å². The highest BCUT2D eigenvalue weighted by Gasteiger charge is 2.33. The van der Waals surface area contributed by atoms with Gasteiger partial charge >= 0.3 is 6.18 Å². The molecule has 8 heteroatoms. The van der Waals surface area contributed by atoms with Crippen LogP contribution in [0.4, 0.5) is 17.6 Å². The number of hydrogen-bond acceptors (Lipinski definition) is 3. The van der Waals surface area contributed by atoms with Crippen LogP contribution < -0.4 is 10.6 Å². The van der Waals surface area contributed by atoms with Crippen LogP contribution in [0.15, 0.2) is 54.8 Å². The van der Waals surface area contributed by atoms with E-state index in [9.17, 15) is 22.4 Å². The molecule has 1 fully saturated rings. The summed E-state index contributed by atoms with van der Waals surface area (Å²) in [5.41, 5.74) is 2.85. The molecule has 1 heterocycles. The summed E-state index contributed by atoms with van der Waals surface area (Å²) in [6, 6.07) is 8.43. The van der Waals surface area contributed by atoms with Gasteiger partial charge in [0.05, 0.1) is 10.9 Å². The predicted molar refractivity (Wildman–Crippen MR) is 123 cm³/mol. The number of nitrogens with one attached hydrogen (secondary N) is 2. The molecule has 1 aliphatic heterocycles. The standard InChI is InChI=1S/C25H24F4N2OS/c1-3-8-30-24(32)20-7-6-17(12-21(20)16-4-5-16)23-14(2)31-22(33-23)11-15-9-18(25(27,28)29)13-19(26)10-15/h3,6-7,9-10,12-13,16,22,31H,1,4-5,8,11H2,2H3,(H,30,32). The molecule has 0 spiro atoms. The van der Waals surface area contributed by atoms with Crippen molar-refractivity contribution in [1.82, 2.24) is 10.6 Å². The van der Waals surface area contributed by atoms with E-state index < -0.39 is 17.6 Å². The van der Waals surface area contributed by atoms with Crippen molar-refractivity contribution >= 4 is 22.6 Å². The van der Waals surface area contributed by atoms with E-state index in [1.807, 2.05) is 25.1 Å². The molecule has 1 amide bonds. The zero-order valence-electron chi connectivity index (χ0n) is 18.1. The number of benzene rings is 2. The lowest BCUT2D eigenvalue weighted by atomic mass is 9.98. The molecular weight excluding hydrogens is 452 g/mol. The van der Waals surface area contributed by atoms with Crippen LogP contribution >= 0.6 is 11.8 Å². The van der Waals surface area contributed by atoms with Gasteiger partial charge in [-0.1, -0.05) is 23.9 Å². The Morgan fingerprint density at radius 1 is 1.24 bits per heavy atom. The second-order valence-electron chi connectivity index (χ2n) is 8.33. The van der Waals surface area contributed by atoms with E-state index in [-0.39, 0.29) is 23.3 Å². The second-order valence-corrected chi connectivity index (χ2v) is 9.54. The van der Waals surface area contributed by atoms with Crippen LogP contribution in [0.25, 0.3) is 4.91 Å². The van der Waals surface area contributed by atoms with E-state index in [0.29, 0.717) is 24.1 Å². The first-order valence-corrected chi connectivity index (χ1v) is 11.6. The first kappa shape index (κ1) is 23.4. The molecule has 2 aliphatic rings. The van der Waals surface area contributed by atoms with Crippen molar-refractivity contribution in [1.29, 1.82) is 0 Å². The fraction of sp³-hybridized carbons (Fsp3) is 0.320. The molecule has 174 valence electrons. The summed E-state index contributed by atoms with van der Waals surface area (Å²) in [7, 11) is 0. The summed E-state index contributed by atoms with van der Waals surface area (Å²) in [5, 5.41) is 5.91. The summed E-state index contributed by atoms with van der Waals surface area (Å²) < 4.78 is 52.9. The smallest absolute Gasteiger partial charge is 0.375 e. The Balaban J connectivity index is 1.53. The molecule has 1 saturated carbocycles. The topological polar surface area (TPSA) is 41.1 Å². The van der Waals surface area contributed by atoms with Gasteiger partial charge in [-0.25, -0.2) is 4.39 Å². The Hall–Kier alpha value is -2.74. The maximum Gasteiger partial charge on any atom is 0.416 e. The molecule has 2 N–H and O–H groups in total. The highest BCUT2D eigenvalue weighted by Crippen LogP contribution is 2.45. The molecule has 3 nitrogen and oxygen atoms in total. The van der Waals surface area contributed by atoms with Gasteiger partial charge in [0.25, 0.3) is 5.91 Å². The lowest BCUT2D eigenvalue weighted by molar-refractivity contribution is -0.137. The third-order valence-electron chi connectivity index (χ3n) is 5.67. The Bertz CT molecular complexity index is 1120. The lowest BCUT2D eigenvalue weighted by Gasteiger charge is -2.14. The summed E-state index contributed by atoms with van der Waals surface area (Å²) in [5.74, 6) is -0.665. The van der Waals surface area contributed by atoms with Crippen LogP contribution in [-0.4, -0.2) is 17.8 Å². The van der Waals surface area contributed by atoms with Gasteiger partial charge in [-0.3, -0.25) is 4.79 Å². The predicted octanol–water partition coefficient (Wildman–Crippen LogP) is 6.23. The number of thioether (sulfide) groups is 1. The number of hydrogen-bond donors (Lipinski definition) is 2. The highest BCUT2D eigenvalue weighted by atomic mass is 32.2. The highest BCUT2D eigenvalue weighted by molar-refractivity contribution is 8.09. The van der Waals surface area contributed by atoms with Gasteiger partial charge in [-0.15, -0.1) is 6.58 Å². The SMILES string of the molecule is C=CCNC(=O)c1ccc(C2=C(C)NC(Cc3cc(F)cc(C(F)(F)F)c3)S2)cc1C1CC1. The van der Waals surface area contributed by atoms with Crippen molar-refractivity contribution in [3.63, 3.8) is 0 Å². The number of halogens is 4. The van der Waals surface area contributed by atoms with Crippen LogP contribution in [0.3, 0.4) is 0 Å². The fourth-order valence-corrected chi connectivity index (χ4v) is 5.29. The van der Waals surface area contributed by atoms with Crippen molar-refractivity contribution < 1.29 is 22.4 Å². The van der Waals surface area contributed by atoms with Crippen molar-refractivity contribution in [2.75, 3.05) is 6.54 Å². The zero-order chi connectivity index (χ0) is 23.8. The van der Waals surface area contributed by atoms with Gasteiger partial charge in [-0.2, -0.15) is 13.2 Å². The number of amides is 1. The van der Waals surface area contributed by atoms with E-state index in [1.54, 1.807) is 6.08 Å². The molecular formula is C25H24F4N2OS. The van der Waals surface area contributed by atoms with Gasteiger partial charge in [-0.05, 0) is 72.7 Å². The minimum atomic E-state index is -4.59. The number of allylic oxidation sites excluding steroid dienone is 1. The Kier molecular flexibility index (Phi) is 6.56. The molecule has 33 heavy (non-hydrogen) atoms. The van der Waals surface area contributed by atoms with Gasteiger partial charge < -0.3 is 10.6 Å². The average Bonchev–Trinajstić information content (AvgIpc) is 3.53. The number of alkyl halides is 3. The van der Waals surface area contributed by atoms with Crippen molar-refractivity contribution in [3.05, 3.63) is 88.4 Å². The molecule has 1 atom stereocenters. The van der Waals surface area contributed by atoms with Crippen LogP contribution in [0, 0.1) is 5.82 Å².